The van der Waals surface area contributed by atoms with Crippen molar-refractivity contribution < 1.29 is 9.90 Å². The molecule has 2 atom stereocenters. The van der Waals surface area contributed by atoms with Gasteiger partial charge in [-0.3, -0.25) is 9.69 Å². The maximum atomic E-state index is 11.4. The molecular weight excluding hydrogens is 252 g/mol. The van der Waals surface area contributed by atoms with E-state index >= 15 is 0 Å². The number of hydrogen-bond donors (Lipinski definition) is 1. The predicted octanol–water partition coefficient (Wildman–Crippen LogP) is 2.75. The molecule has 0 radical (unpaired) electrons. The lowest BCUT2D eigenvalue weighted by Crippen LogP contribution is -2.40. The number of anilines is 1. The summed E-state index contributed by atoms with van der Waals surface area (Å²) in [5.41, 5.74) is 2.39. The smallest absolute Gasteiger partial charge is 0.320 e. The van der Waals surface area contributed by atoms with E-state index in [1.807, 2.05) is 21.0 Å². The normalized spacial score (nSPS) is 20.9. The Morgan fingerprint density at radius 2 is 2.25 bits per heavy atom. The Balaban J connectivity index is 2.26. The van der Waals surface area contributed by atoms with Crippen LogP contribution in [0.4, 0.5) is 5.69 Å². The molecule has 0 aromatic heterocycles. The van der Waals surface area contributed by atoms with Crippen LogP contribution in [0.2, 0.25) is 0 Å². The van der Waals surface area contributed by atoms with Crippen LogP contribution in [0.5, 0.6) is 0 Å². The number of hydrogen-bond acceptors (Lipinski definition) is 3. The van der Waals surface area contributed by atoms with Crippen LogP contribution in [0.1, 0.15) is 37.8 Å². The van der Waals surface area contributed by atoms with Gasteiger partial charge in [-0.25, -0.2) is 0 Å². The first-order chi connectivity index (χ1) is 9.54. The Hall–Kier alpha value is -1.55. The maximum absolute atomic E-state index is 11.4. The summed E-state index contributed by atoms with van der Waals surface area (Å²) < 4.78 is 0. The van der Waals surface area contributed by atoms with Crippen LogP contribution in [-0.2, 0) is 4.79 Å². The molecule has 1 N–H and O–H groups in total. The number of aliphatic carboxylic acids is 1. The van der Waals surface area contributed by atoms with Crippen molar-refractivity contribution in [3.63, 3.8) is 0 Å². The molecule has 0 amide bonds. The second-order valence-corrected chi connectivity index (χ2v) is 5.65. The molecule has 1 aromatic carbocycles. The molecule has 0 aliphatic carbocycles. The average molecular weight is 276 g/mol. The summed E-state index contributed by atoms with van der Waals surface area (Å²) in [6.07, 6.45) is 2.76. The van der Waals surface area contributed by atoms with Gasteiger partial charge < -0.3 is 10.0 Å². The summed E-state index contributed by atoms with van der Waals surface area (Å²) in [5.74, 6) is -0.705. The van der Waals surface area contributed by atoms with E-state index < -0.39 is 5.97 Å². The zero-order chi connectivity index (χ0) is 14.7. The minimum absolute atomic E-state index is 0.232. The molecule has 1 fully saturated rings. The fourth-order valence-corrected chi connectivity index (χ4v) is 3.08. The molecule has 20 heavy (non-hydrogen) atoms. The highest BCUT2D eigenvalue weighted by Gasteiger charge is 2.34. The molecule has 2 rings (SSSR count). The number of benzene rings is 1. The molecule has 1 aliphatic heterocycles. The average Bonchev–Trinajstić information content (AvgIpc) is 2.88. The Morgan fingerprint density at radius 1 is 1.50 bits per heavy atom. The highest BCUT2D eigenvalue weighted by Crippen LogP contribution is 2.35. The van der Waals surface area contributed by atoms with Crippen LogP contribution in [0.15, 0.2) is 24.3 Å². The van der Waals surface area contributed by atoms with Crippen molar-refractivity contribution >= 4 is 11.7 Å². The van der Waals surface area contributed by atoms with Gasteiger partial charge in [0.05, 0.1) is 0 Å². The SMILES string of the molecule is CC[C@@H](C(=O)O)N1CCC[C@H]1c1cccc(N(C)C)c1. The molecule has 0 saturated carbocycles. The number of carbonyl (C=O) groups is 1. The van der Waals surface area contributed by atoms with Crippen LogP contribution < -0.4 is 4.90 Å². The van der Waals surface area contributed by atoms with E-state index in [1.54, 1.807) is 0 Å². The van der Waals surface area contributed by atoms with Crippen molar-refractivity contribution in [3.05, 3.63) is 29.8 Å². The molecule has 1 heterocycles. The topological polar surface area (TPSA) is 43.8 Å². The minimum atomic E-state index is -0.705. The summed E-state index contributed by atoms with van der Waals surface area (Å²) in [5, 5.41) is 9.39. The van der Waals surface area contributed by atoms with Crippen molar-refractivity contribution in [2.75, 3.05) is 25.5 Å². The predicted molar refractivity (Wildman–Crippen MR) is 81.2 cm³/mol. The zero-order valence-electron chi connectivity index (χ0n) is 12.5. The monoisotopic (exact) mass is 276 g/mol. The number of rotatable bonds is 5. The van der Waals surface area contributed by atoms with Gasteiger partial charge >= 0.3 is 5.97 Å². The standard InChI is InChI=1S/C16H24N2O2/c1-4-14(16(19)20)18-10-6-9-15(18)12-7-5-8-13(11-12)17(2)3/h5,7-8,11,14-15H,4,6,9-10H2,1-3H3,(H,19,20)/t14-,15-/m0/s1. The van der Waals surface area contributed by atoms with Gasteiger partial charge in [-0.05, 0) is 43.5 Å². The van der Waals surface area contributed by atoms with Crippen molar-refractivity contribution in [1.82, 2.24) is 4.90 Å². The lowest BCUT2D eigenvalue weighted by Gasteiger charge is -2.30. The van der Waals surface area contributed by atoms with Crippen LogP contribution in [0.25, 0.3) is 0 Å². The Labute approximate surface area is 121 Å². The molecule has 1 saturated heterocycles. The quantitative estimate of drug-likeness (QED) is 0.898. The third-order valence-electron chi connectivity index (χ3n) is 4.14. The van der Waals surface area contributed by atoms with Crippen molar-refractivity contribution in [2.24, 2.45) is 0 Å². The van der Waals surface area contributed by atoms with Gasteiger partial charge in [0.15, 0.2) is 0 Å². The first-order valence-electron chi connectivity index (χ1n) is 7.30. The highest BCUT2D eigenvalue weighted by molar-refractivity contribution is 5.73. The minimum Gasteiger partial charge on any atom is -0.480 e. The molecule has 4 nitrogen and oxygen atoms in total. The molecule has 1 aliphatic rings. The van der Waals surface area contributed by atoms with Crippen LogP contribution in [0.3, 0.4) is 0 Å². The van der Waals surface area contributed by atoms with E-state index in [0.717, 1.165) is 25.1 Å². The third kappa shape index (κ3) is 2.96. The van der Waals surface area contributed by atoms with E-state index in [-0.39, 0.29) is 12.1 Å². The van der Waals surface area contributed by atoms with Crippen LogP contribution in [0, 0.1) is 0 Å². The molecule has 1 aromatic rings. The molecule has 0 bridgehead atoms. The van der Waals surface area contributed by atoms with E-state index in [4.69, 9.17) is 0 Å². The van der Waals surface area contributed by atoms with E-state index in [9.17, 15) is 9.90 Å². The number of nitrogens with zero attached hydrogens (tertiary/aromatic N) is 2. The van der Waals surface area contributed by atoms with Gasteiger partial charge in [0, 0.05) is 25.8 Å². The fraction of sp³-hybridized carbons (Fsp3) is 0.562. The number of carboxylic acids is 1. The summed E-state index contributed by atoms with van der Waals surface area (Å²) in [6.45, 7) is 2.83. The molecular formula is C16H24N2O2. The first-order valence-corrected chi connectivity index (χ1v) is 7.30. The Kier molecular flexibility index (Phi) is 4.65. The van der Waals surface area contributed by atoms with Gasteiger partial charge in [-0.2, -0.15) is 0 Å². The third-order valence-corrected chi connectivity index (χ3v) is 4.14. The summed E-state index contributed by atoms with van der Waals surface area (Å²) in [4.78, 5) is 15.7. The highest BCUT2D eigenvalue weighted by atomic mass is 16.4. The van der Waals surface area contributed by atoms with Crippen molar-refractivity contribution in [3.8, 4) is 0 Å². The van der Waals surface area contributed by atoms with E-state index in [1.165, 1.54) is 5.56 Å². The number of likely N-dealkylation sites (tertiary alicyclic amines) is 1. The van der Waals surface area contributed by atoms with Gasteiger partial charge in [0.1, 0.15) is 6.04 Å². The lowest BCUT2D eigenvalue weighted by atomic mass is 10.0. The molecule has 0 spiro atoms. The van der Waals surface area contributed by atoms with Gasteiger partial charge in [0.25, 0.3) is 0 Å². The first kappa shape index (κ1) is 14.9. The van der Waals surface area contributed by atoms with Crippen molar-refractivity contribution in [2.45, 2.75) is 38.3 Å². The summed E-state index contributed by atoms with van der Waals surface area (Å²) >= 11 is 0. The fourth-order valence-electron chi connectivity index (χ4n) is 3.08. The zero-order valence-corrected chi connectivity index (χ0v) is 12.5. The van der Waals surface area contributed by atoms with Gasteiger partial charge in [0.2, 0.25) is 0 Å². The Bertz CT molecular complexity index is 473. The second-order valence-electron chi connectivity index (χ2n) is 5.65. The van der Waals surface area contributed by atoms with Crippen molar-refractivity contribution in [1.29, 1.82) is 0 Å². The van der Waals surface area contributed by atoms with Gasteiger partial charge in [-0.1, -0.05) is 19.1 Å². The second kappa shape index (κ2) is 6.27. The largest absolute Gasteiger partial charge is 0.480 e. The molecule has 4 heteroatoms. The van der Waals surface area contributed by atoms with Crippen LogP contribution >= 0.6 is 0 Å². The molecule has 0 unspecified atom stereocenters. The van der Waals surface area contributed by atoms with E-state index in [2.05, 4.69) is 34.1 Å². The lowest BCUT2D eigenvalue weighted by molar-refractivity contribution is -0.143. The molecule has 110 valence electrons. The number of carboxylic acid groups (broad SMARTS) is 1. The summed E-state index contributed by atoms with van der Waals surface area (Å²) in [7, 11) is 4.05. The van der Waals surface area contributed by atoms with Crippen LogP contribution in [-0.4, -0.2) is 42.7 Å². The van der Waals surface area contributed by atoms with Gasteiger partial charge in [-0.15, -0.1) is 0 Å². The van der Waals surface area contributed by atoms with E-state index in [0.29, 0.717) is 6.42 Å². The Morgan fingerprint density at radius 3 is 2.85 bits per heavy atom. The summed E-state index contributed by atoms with van der Waals surface area (Å²) in [6, 6.07) is 8.30. The maximum Gasteiger partial charge on any atom is 0.320 e.